The number of hydrogen-bond donors (Lipinski definition) is 2. The van der Waals surface area contributed by atoms with E-state index in [1.807, 2.05) is 18.3 Å². The number of rotatable bonds is 7. The van der Waals surface area contributed by atoms with Crippen LogP contribution in [-0.2, 0) is 12.8 Å². The molecular formula is C26H26FN5O. The molecule has 0 radical (unpaired) electrons. The molecular weight excluding hydrogens is 417 g/mol. The Bertz CT molecular complexity index is 1230. The van der Waals surface area contributed by atoms with E-state index in [-0.39, 0.29) is 11.9 Å². The van der Waals surface area contributed by atoms with Crippen LogP contribution in [-0.4, -0.2) is 34.1 Å². The van der Waals surface area contributed by atoms with Crippen LogP contribution < -0.4 is 15.4 Å². The first kappa shape index (κ1) is 21.3. The third-order valence-electron chi connectivity index (χ3n) is 5.83. The molecule has 33 heavy (non-hydrogen) atoms. The first-order valence-corrected chi connectivity index (χ1v) is 11.3. The molecule has 0 bridgehead atoms. The molecule has 1 aliphatic heterocycles. The van der Waals surface area contributed by atoms with Gasteiger partial charge in [-0.05, 0) is 80.2 Å². The first-order valence-electron chi connectivity index (χ1n) is 11.3. The molecule has 168 valence electrons. The predicted octanol–water partition coefficient (Wildman–Crippen LogP) is 4.82. The van der Waals surface area contributed by atoms with Gasteiger partial charge in [0.05, 0.1) is 5.52 Å². The monoisotopic (exact) mass is 443 g/mol. The number of halogens is 1. The summed E-state index contributed by atoms with van der Waals surface area (Å²) in [6.45, 7) is 1.93. The van der Waals surface area contributed by atoms with Crippen LogP contribution >= 0.6 is 0 Å². The van der Waals surface area contributed by atoms with Gasteiger partial charge >= 0.3 is 0 Å². The largest absolute Gasteiger partial charge is 0.490 e. The van der Waals surface area contributed by atoms with E-state index in [2.05, 4.69) is 37.7 Å². The zero-order valence-corrected chi connectivity index (χ0v) is 18.3. The number of pyridine rings is 1. The topological polar surface area (TPSA) is 72.0 Å². The smallest absolute Gasteiger partial charge is 0.227 e. The summed E-state index contributed by atoms with van der Waals surface area (Å²) >= 11 is 0. The number of aromatic nitrogens is 3. The van der Waals surface area contributed by atoms with E-state index in [4.69, 9.17) is 4.74 Å². The summed E-state index contributed by atoms with van der Waals surface area (Å²) in [5, 5.41) is 7.41. The molecule has 0 amide bonds. The maximum atomic E-state index is 13.5. The van der Waals surface area contributed by atoms with E-state index in [0.717, 1.165) is 61.0 Å². The molecule has 0 atom stereocenters. The van der Waals surface area contributed by atoms with Crippen LogP contribution in [0.15, 0.2) is 67.1 Å². The minimum absolute atomic E-state index is 0.188. The van der Waals surface area contributed by atoms with Gasteiger partial charge in [0.1, 0.15) is 17.7 Å². The Balaban J connectivity index is 1.44. The number of nitrogens with one attached hydrogen (secondary N) is 2. The molecule has 0 spiro atoms. The van der Waals surface area contributed by atoms with Crippen LogP contribution in [0.5, 0.6) is 5.75 Å². The molecule has 1 aliphatic rings. The molecule has 4 aromatic rings. The molecule has 6 nitrogen and oxygen atoms in total. The van der Waals surface area contributed by atoms with Crippen molar-refractivity contribution in [2.75, 3.05) is 18.4 Å². The Hall–Kier alpha value is -3.58. The lowest BCUT2D eigenvalue weighted by molar-refractivity contribution is 0.161. The maximum Gasteiger partial charge on any atom is 0.227 e. The Morgan fingerprint density at radius 1 is 1.03 bits per heavy atom. The number of benzene rings is 2. The van der Waals surface area contributed by atoms with Gasteiger partial charge in [-0.3, -0.25) is 4.98 Å². The van der Waals surface area contributed by atoms with Crippen molar-refractivity contribution in [1.82, 2.24) is 20.3 Å². The van der Waals surface area contributed by atoms with Crippen LogP contribution in [0, 0.1) is 5.82 Å². The summed E-state index contributed by atoms with van der Waals surface area (Å²) in [4.78, 5) is 13.3. The quantitative estimate of drug-likeness (QED) is 0.427. The second-order valence-electron chi connectivity index (χ2n) is 8.28. The second-order valence-corrected chi connectivity index (χ2v) is 8.28. The fourth-order valence-corrected chi connectivity index (χ4v) is 4.09. The van der Waals surface area contributed by atoms with Gasteiger partial charge in [-0.15, -0.1) is 0 Å². The van der Waals surface area contributed by atoms with Gasteiger partial charge in [-0.2, -0.15) is 0 Å². The van der Waals surface area contributed by atoms with E-state index in [0.29, 0.717) is 11.6 Å². The first-order chi connectivity index (χ1) is 16.2. The standard InChI is InChI=1S/C26H26FN5O/c27-21-4-1-5-22(14-21)31-26-30-17-20-13-19(7-6-18-3-2-10-29-16-18)25(15-24(20)32-26)33-23-8-11-28-12-9-23/h1-5,10,13-17,23,28H,6-9,11-12H2,(H,30,31,32). The Morgan fingerprint density at radius 2 is 1.94 bits per heavy atom. The highest BCUT2D eigenvalue weighted by Crippen LogP contribution is 2.29. The van der Waals surface area contributed by atoms with Crippen molar-refractivity contribution in [3.63, 3.8) is 0 Å². The maximum absolute atomic E-state index is 13.5. The summed E-state index contributed by atoms with van der Waals surface area (Å²) in [5.74, 6) is 0.981. The number of hydrogen-bond acceptors (Lipinski definition) is 6. The minimum Gasteiger partial charge on any atom is -0.490 e. The Morgan fingerprint density at radius 3 is 2.76 bits per heavy atom. The number of anilines is 2. The van der Waals surface area contributed by atoms with Gasteiger partial charge in [-0.1, -0.05) is 12.1 Å². The van der Waals surface area contributed by atoms with Crippen LogP contribution in [0.4, 0.5) is 16.0 Å². The lowest BCUT2D eigenvalue weighted by Crippen LogP contribution is -2.34. The second kappa shape index (κ2) is 9.92. The molecule has 7 heteroatoms. The molecule has 2 N–H and O–H groups in total. The molecule has 2 aromatic heterocycles. The highest BCUT2D eigenvalue weighted by molar-refractivity contribution is 5.82. The fraction of sp³-hybridized carbons (Fsp3) is 0.269. The molecule has 1 saturated heterocycles. The molecule has 1 fully saturated rings. The van der Waals surface area contributed by atoms with Crippen molar-refractivity contribution in [3.8, 4) is 5.75 Å². The van der Waals surface area contributed by atoms with Crippen LogP contribution in [0.25, 0.3) is 10.9 Å². The van der Waals surface area contributed by atoms with Crippen LogP contribution in [0.3, 0.4) is 0 Å². The van der Waals surface area contributed by atoms with E-state index in [1.54, 1.807) is 24.5 Å². The number of nitrogens with zero attached hydrogens (tertiary/aromatic N) is 3. The predicted molar refractivity (Wildman–Crippen MR) is 127 cm³/mol. The van der Waals surface area contributed by atoms with Gasteiger partial charge in [0, 0.05) is 35.7 Å². The van der Waals surface area contributed by atoms with Crippen LogP contribution in [0.1, 0.15) is 24.0 Å². The molecule has 0 saturated carbocycles. The zero-order chi connectivity index (χ0) is 22.5. The summed E-state index contributed by atoms with van der Waals surface area (Å²) in [6.07, 6.45) is 9.36. The van der Waals surface area contributed by atoms with Crippen molar-refractivity contribution in [3.05, 3.63) is 84.1 Å². The minimum atomic E-state index is -0.309. The molecule has 0 aliphatic carbocycles. The van der Waals surface area contributed by atoms with Crippen molar-refractivity contribution < 1.29 is 9.13 Å². The van der Waals surface area contributed by atoms with Crippen LogP contribution in [0.2, 0.25) is 0 Å². The van der Waals surface area contributed by atoms with E-state index in [1.165, 1.54) is 17.7 Å². The summed E-state index contributed by atoms with van der Waals surface area (Å²) in [5.41, 5.74) is 3.72. The van der Waals surface area contributed by atoms with Gasteiger partial charge in [0.2, 0.25) is 5.95 Å². The lowest BCUT2D eigenvalue weighted by atomic mass is 10.0. The van der Waals surface area contributed by atoms with E-state index >= 15 is 0 Å². The number of fused-ring (bicyclic) bond motifs is 1. The number of ether oxygens (including phenoxy) is 1. The average Bonchev–Trinajstić information content (AvgIpc) is 2.84. The van der Waals surface area contributed by atoms with E-state index < -0.39 is 0 Å². The average molecular weight is 444 g/mol. The van der Waals surface area contributed by atoms with Crippen molar-refractivity contribution in [2.45, 2.75) is 31.8 Å². The van der Waals surface area contributed by atoms with Gasteiger partial charge in [-0.25, -0.2) is 14.4 Å². The fourth-order valence-electron chi connectivity index (χ4n) is 4.09. The number of aryl methyl sites for hydroxylation is 2. The van der Waals surface area contributed by atoms with Gasteiger partial charge in [0.25, 0.3) is 0 Å². The van der Waals surface area contributed by atoms with Gasteiger partial charge in [0.15, 0.2) is 0 Å². The van der Waals surface area contributed by atoms with E-state index in [9.17, 15) is 4.39 Å². The highest BCUT2D eigenvalue weighted by Gasteiger charge is 2.17. The zero-order valence-electron chi connectivity index (χ0n) is 18.3. The van der Waals surface area contributed by atoms with Crippen molar-refractivity contribution in [2.24, 2.45) is 0 Å². The third kappa shape index (κ3) is 5.43. The highest BCUT2D eigenvalue weighted by atomic mass is 19.1. The normalized spacial score (nSPS) is 14.3. The molecule has 0 unspecified atom stereocenters. The molecule has 2 aromatic carbocycles. The Kier molecular flexibility index (Phi) is 6.39. The Labute approximate surface area is 192 Å². The summed E-state index contributed by atoms with van der Waals surface area (Å²) < 4.78 is 20.0. The molecule has 5 rings (SSSR count). The van der Waals surface area contributed by atoms with Crippen molar-refractivity contribution in [1.29, 1.82) is 0 Å². The molecule has 3 heterocycles. The summed E-state index contributed by atoms with van der Waals surface area (Å²) in [7, 11) is 0. The van der Waals surface area contributed by atoms with Gasteiger partial charge < -0.3 is 15.4 Å². The van der Waals surface area contributed by atoms with Crippen molar-refractivity contribution >= 4 is 22.5 Å². The summed E-state index contributed by atoms with van der Waals surface area (Å²) in [6, 6.07) is 14.4. The third-order valence-corrected chi connectivity index (χ3v) is 5.83. The lowest BCUT2D eigenvalue weighted by Gasteiger charge is -2.25. The SMILES string of the molecule is Fc1cccc(Nc2ncc3cc(CCc4cccnc4)c(OC4CCNCC4)cc3n2)c1. The number of piperidine rings is 1.